The van der Waals surface area contributed by atoms with Crippen LogP contribution in [0.1, 0.15) is 32.6 Å². The van der Waals surface area contributed by atoms with E-state index in [2.05, 4.69) is 24.3 Å². The number of nitrogens with two attached hydrogens (primary N) is 1. The van der Waals surface area contributed by atoms with Crippen molar-refractivity contribution >= 4 is 5.91 Å². The molecule has 1 rings (SSSR count). The Bertz CT molecular complexity index is 216. The number of rotatable bonds is 3. The molecule has 88 valence electrons. The van der Waals surface area contributed by atoms with Crippen LogP contribution in [0.2, 0.25) is 0 Å². The van der Waals surface area contributed by atoms with Gasteiger partial charge in [0.1, 0.15) is 0 Å². The van der Waals surface area contributed by atoms with Gasteiger partial charge in [-0.25, -0.2) is 0 Å². The Morgan fingerprint density at radius 3 is 2.53 bits per heavy atom. The molecule has 0 heterocycles. The maximum Gasteiger partial charge on any atom is 0.236 e. The highest BCUT2D eigenvalue weighted by molar-refractivity contribution is 5.81. The molecule has 4 heteroatoms. The first-order chi connectivity index (χ1) is 7.02. The molecule has 3 atom stereocenters. The van der Waals surface area contributed by atoms with Crippen LogP contribution in [0.5, 0.6) is 0 Å². The molecule has 0 saturated heterocycles. The van der Waals surface area contributed by atoms with Crippen molar-refractivity contribution in [1.29, 1.82) is 0 Å². The van der Waals surface area contributed by atoms with Crippen molar-refractivity contribution < 1.29 is 4.79 Å². The average Bonchev–Trinajstić information content (AvgIpc) is 2.18. The van der Waals surface area contributed by atoms with Crippen LogP contribution in [0.25, 0.3) is 0 Å². The molecule has 0 spiro atoms. The highest BCUT2D eigenvalue weighted by atomic mass is 16.2. The average molecular weight is 213 g/mol. The van der Waals surface area contributed by atoms with Gasteiger partial charge in [-0.1, -0.05) is 12.8 Å². The molecule has 0 bridgehead atoms. The van der Waals surface area contributed by atoms with Gasteiger partial charge in [-0.05, 0) is 33.9 Å². The largest absolute Gasteiger partial charge is 0.350 e. The topological polar surface area (TPSA) is 58.4 Å². The number of carbonyl (C=O) groups is 1. The minimum absolute atomic E-state index is 0.0336. The lowest BCUT2D eigenvalue weighted by Crippen LogP contribution is -2.54. The quantitative estimate of drug-likeness (QED) is 0.710. The molecule has 3 unspecified atom stereocenters. The highest BCUT2D eigenvalue weighted by Crippen LogP contribution is 2.21. The van der Waals surface area contributed by atoms with E-state index in [1.54, 1.807) is 6.92 Å². The predicted molar refractivity (Wildman–Crippen MR) is 61.5 cm³/mol. The Morgan fingerprint density at radius 1 is 1.40 bits per heavy atom. The molecule has 1 aliphatic rings. The van der Waals surface area contributed by atoms with E-state index in [9.17, 15) is 4.79 Å². The monoisotopic (exact) mass is 213 g/mol. The molecule has 0 radical (unpaired) electrons. The zero-order chi connectivity index (χ0) is 11.4. The molecule has 15 heavy (non-hydrogen) atoms. The van der Waals surface area contributed by atoms with Crippen molar-refractivity contribution in [3.8, 4) is 0 Å². The Labute approximate surface area is 92.2 Å². The van der Waals surface area contributed by atoms with Crippen molar-refractivity contribution in [2.24, 2.45) is 5.73 Å². The number of likely N-dealkylation sites (N-methyl/N-ethyl adjacent to an activating group) is 1. The molecule has 0 aromatic rings. The van der Waals surface area contributed by atoms with Crippen LogP contribution in [-0.2, 0) is 4.79 Å². The zero-order valence-electron chi connectivity index (χ0n) is 9.99. The second-order valence-corrected chi connectivity index (χ2v) is 4.72. The fourth-order valence-electron chi connectivity index (χ4n) is 2.21. The molecule has 4 nitrogen and oxygen atoms in total. The number of hydrogen-bond donors (Lipinski definition) is 2. The van der Waals surface area contributed by atoms with Crippen molar-refractivity contribution in [1.82, 2.24) is 10.2 Å². The summed E-state index contributed by atoms with van der Waals surface area (Å²) in [5.41, 5.74) is 5.55. The van der Waals surface area contributed by atoms with Gasteiger partial charge in [-0.15, -0.1) is 0 Å². The summed E-state index contributed by atoms with van der Waals surface area (Å²) in [6, 6.07) is 0.323. The van der Waals surface area contributed by atoms with Crippen LogP contribution in [-0.4, -0.2) is 43.0 Å². The number of hydrogen-bond acceptors (Lipinski definition) is 3. The van der Waals surface area contributed by atoms with Gasteiger partial charge < -0.3 is 16.0 Å². The van der Waals surface area contributed by atoms with Gasteiger partial charge in [0.2, 0.25) is 5.91 Å². The summed E-state index contributed by atoms with van der Waals surface area (Å²) in [7, 11) is 4.14. The van der Waals surface area contributed by atoms with Gasteiger partial charge in [0.25, 0.3) is 0 Å². The maximum atomic E-state index is 11.5. The second kappa shape index (κ2) is 5.47. The summed E-state index contributed by atoms with van der Waals surface area (Å²) in [4.78, 5) is 13.7. The van der Waals surface area contributed by atoms with E-state index < -0.39 is 6.04 Å². The lowest BCUT2D eigenvalue weighted by molar-refractivity contribution is -0.123. The van der Waals surface area contributed by atoms with Gasteiger partial charge in [-0.2, -0.15) is 0 Å². The Hall–Kier alpha value is -0.610. The van der Waals surface area contributed by atoms with Crippen molar-refractivity contribution in [2.45, 2.75) is 50.7 Å². The first kappa shape index (κ1) is 12.5. The van der Waals surface area contributed by atoms with E-state index in [1.807, 2.05) is 0 Å². The Kier molecular flexibility index (Phi) is 4.54. The third-order valence-corrected chi connectivity index (χ3v) is 3.13. The van der Waals surface area contributed by atoms with E-state index in [-0.39, 0.29) is 11.9 Å². The van der Waals surface area contributed by atoms with E-state index in [0.29, 0.717) is 6.04 Å². The third kappa shape index (κ3) is 3.47. The summed E-state index contributed by atoms with van der Waals surface area (Å²) in [6.07, 6.45) is 4.69. The van der Waals surface area contributed by atoms with E-state index in [0.717, 1.165) is 12.8 Å². The highest BCUT2D eigenvalue weighted by Gasteiger charge is 2.28. The van der Waals surface area contributed by atoms with Gasteiger partial charge in [0, 0.05) is 12.1 Å². The van der Waals surface area contributed by atoms with E-state index in [4.69, 9.17) is 5.73 Å². The van der Waals surface area contributed by atoms with Crippen LogP contribution in [0.4, 0.5) is 0 Å². The number of nitrogens with one attached hydrogen (secondary N) is 1. The molecule has 1 amide bonds. The maximum absolute atomic E-state index is 11.5. The number of nitrogens with zero attached hydrogens (tertiary/aromatic N) is 1. The summed E-state index contributed by atoms with van der Waals surface area (Å²) < 4.78 is 0. The molecular weight excluding hydrogens is 190 g/mol. The standard InChI is InChI=1S/C11H23N3O/c1-8(12)11(15)13-9-6-4-5-7-10(9)14(2)3/h8-10H,4-7,12H2,1-3H3,(H,13,15). The van der Waals surface area contributed by atoms with Crippen molar-refractivity contribution in [3.63, 3.8) is 0 Å². The molecule has 0 aromatic carbocycles. The first-order valence-electron chi connectivity index (χ1n) is 5.74. The minimum Gasteiger partial charge on any atom is -0.350 e. The molecule has 0 aliphatic heterocycles. The van der Waals surface area contributed by atoms with E-state index >= 15 is 0 Å². The molecule has 1 fully saturated rings. The fraction of sp³-hybridized carbons (Fsp3) is 0.909. The summed E-state index contributed by atoms with van der Waals surface area (Å²) in [5.74, 6) is -0.0336. The van der Waals surface area contributed by atoms with E-state index in [1.165, 1.54) is 12.8 Å². The van der Waals surface area contributed by atoms with Gasteiger partial charge in [-0.3, -0.25) is 4.79 Å². The summed E-state index contributed by atoms with van der Waals surface area (Å²) in [5, 5.41) is 3.04. The summed E-state index contributed by atoms with van der Waals surface area (Å²) in [6.45, 7) is 1.73. The van der Waals surface area contributed by atoms with Crippen LogP contribution < -0.4 is 11.1 Å². The van der Waals surface area contributed by atoms with Crippen LogP contribution in [0.15, 0.2) is 0 Å². The minimum atomic E-state index is -0.408. The normalized spacial score (nSPS) is 28.9. The zero-order valence-corrected chi connectivity index (χ0v) is 9.99. The molecule has 1 saturated carbocycles. The van der Waals surface area contributed by atoms with Crippen molar-refractivity contribution in [3.05, 3.63) is 0 Å². The smallest absolute Gasteiger partial charge is 0.236 e. The summed E-state index contributed by atoms with van der Waals surface area (Å²) >= 11 is 0. The molecule has 3 N–H and O–H groups in total. The SMILES string of the molecule is CC(N)C(=O)NC1CCCCC1N(C)C. The second-order valence-electron chi connectivity index (χ2n) is 4.72. The lowest BCUT2D eigenvalue weighted by Gasteiger charge is -2.36. The van der Waals surface area contributed by atoms with Gasteiger partial charge in [0.15, 0.2) is 0 Å². The third-order valence-electron chi connectivity index (χ3n) is 3.13. The van der Waals surface area contributed by atoms with Crippen LogP contribution >= 0.6 is 0 Å². The molecule has 1 aliphatic carbocycles. The molecule has 0 aromatic heterocycles. The van der Waals surface area contributed by atoms with Crippen LogP contribution in [0.3, 0.4) is 0 Å². The fourth-order valence-corrected chi connectivity index (χ4v) is 2.21. The Morgan fingerprint density at radius 2 is 2.00 bits per heavy atom. The first-order valence-corrected chi connectivity index (χ1v) is 5.74. The van der Waals surface area contributed by atoms with Gasteiger partial charge >= 0.3 is 0 Å². The number of amides is 1. The van der Waals surface area contributed by atoms with Crippen molar-refractivity contribution in [2.75, 3.05) is 14.1 Å². The predicted octanol–water partition coefficient (Wildman–Crippen LogP) is 0.323. The lowest BCUT2D eigenvalue weighted by atomic mass is 9.89. The van der Waals surface area contributed by atoms with Crippen LogP contribution in [0, 0.1) is 0 Å². The van der Waals surface area contributed by atoms with Gasteiger partial charge in [0.05, 0.1) is 6.04 Å². The number of carbonyl (C=O) groups excluding carboxylic acids is 1. The Balaban J connectivity index is 2.53. The molecular formula is C11H23N3O.